The lowest BCUT2D eigenvalue weighted by Crippen LogP contribution is -2.18. The molecule has 0 bridgehead atoms. The molecule has 0 amide bonds. The van der Waals surface area contributed by atoms with Crippen molar-refractivity contribution in [1.82, 2.24) is 5.32 Å². The van der Waals surface area contributed by atoms with E-state index in [-0.39, 0.29) is 0 Å². The Bertz CT molecular complexity index is 297. The second-order valence-electron chi connectivity index (χ2n) is 2.86. The first-order valence-electron chi connectivity index (χ1n) is 4.16. The lowest BCUT2D eigenvalue weighted by Gasteiger charge is -2.11. The molecular weight excluding hydrogens is 273 g/mol. The van der Waals surface area contributed by atoms with Gasteiger partial charge in [-0.05, 0) is 47.2 Å². The van der Waals surface area contributed by atoms with Crippen molar-refractivity contribution in [2.24, 2.45) is 0 Å². The lowest BCUT2D eigenvalue weighted by molar-refractivity contribution is 0.623. The van der Waals surface area contributed by atoms with E-state index in [0.717, 1.165) is 0 Å². The summed E-state index contributed by atoms with van der Waals surface area (Å²) in [6.07, 6.45) is 5.17. The molecule has 1 nitrogen and oxygen atoms in total. The van der Waals surface area contributed by atoms with E-state index in [9.17, 15) is 0 Å². The Morgan fingerprint density at radius 3 is 2.62 bits per heavy atom. The highest BCUT2D eigenvalue weighted by atomic mass is 127. The van der Waals surface area contributed by atoms with Gasteiger partial charge in [-0.1, -0.05) is 18.1 Å². The topological polar surface area (TPSA) is 12.0 Å². The molecule has 0 radical (unpaired) electrons. The van der Waals surface area contributed by atoms with Gasteiger partial charge in [0.1, 0.15) is 0 Å². The minimum Gasteiger partial charge on any atom is -0.300 e. The molecule has 2 heteroatoms. The lowest BCUT2D eigenvalue weighted by atomic mass is 10.1. The predicted molar refractivity (Wildman–Crippen MR) is 64.4 cm³/mol. The van der Waals surface area contributed by atoms with Crippen LogP contribution in [0, 0.1) is 15.9 Å². The van der Waals surface area contributed by atoms with Gasteiger partial charge in [0.25, 0.3) is 0 Å². The van der Waals surface area contributed by atoms with E-state index in [1.807, 2.05) is 0 Å². The van der Waals surface area contributed by atoms with Crippen LogP contribution >= 0.6 is 22.6 Å². The van der Waals surface area contributed by atoms with Crippen LogP contribution < -0.4 is 5.32 Å². The predicted octanol–water partition coefficient (Wildman–Crippen LogP) is 2.58. The number of hydrogen-bond donors (Lipinski definition) is 1. The van der Waals surface area contributed by atoms with Gasteiger partial charge in [-0.2, -0.15) is 0 Å². The van der Waals surface area contributed by atoms with Crippen molar-refractivity contribution in [3.8, 4) is 12.3 Å². The average molecular weight is 285 g/mol. The van der Waals surface area contributed by atoms with E-state index >= 15 is 0 Å². The Morgan fingerprint density at radius 2 is 2.08 bits per heavy atom. The zero-order valence-corrected chi connectivity index (χ0v) is 9.71. The Kier molecular flexibility index (Phi) is 4.26. The van der Waals surface area contributed by atoms with Gasteiger partial charge in [-0.15, -0.1) is 6.42 Å². The Labute approximate surface area is 93.1 Å². The summed E-state index contributed by atoms with van der Waals surface area (Å²) in [5.74, 6) is 2.57. The summed E-state index contributed by atoms with van der Waals surface area (Å²) >= 11 is 2.30. The zero-order valence-electron chi connectivity index (χ0n) is 7.55. The van der Waals surface area contributed by atoms with Crippen LogP contribution in [0.1, 0.15) is 18.5 Å². The van der Waals surface area contributed by atoms with Crippen molar-refractivity contribution >= 4 is 22.6 Å². The van der Waals surface area contributed by atoms with Gasteiger partial charge in [0.2, 0.25) is 0 Å². The van der Waals surface area contributed by atoms with Crippen molar-refractivity contribution < 1.29 is 0 Å². The quantitative estimate of drug-likeness (QED) is 0.665. The average Bonchev–Trinajstić information content (AvgIpc) is 2.15. The number of nitrogens with one attached hydrogen (secondary N) is 1. The third kappa shape index (κ3) is 3.37. The van der Waals surface area contributed by atoms with Gasteiger partial charge in [0, 0.05) is 9.61 Å². The van der Waals surface area contributed by atoms with Gasteiger partial charge >= 0.3 is 0 Å². The first kappa shape index (κ1) is 10.6. The van der Waals surface area contributed by atoms with Gasteiger partial charge < -0.3 is 0 Å². The van der Waals surface area contributed by atoms with Crippen LogP contribution in [0.5, 0.6) is 0 Å². The van der Waals surface area contributed by atoms with Crippen molar-refractivity contribution in [2.75, 3.05) is 6.54 Å². The second kappa shape index (κ2) is 5.25. The molecule has 0 saturated carbocycles. The SMILES string of the molecule is C#CCNC(C)c1ccc(I)cc1. The molecule has 0 aliphatic heterocycles. The van der Waals surface area contributed by atoms with E-state index < -0.39 is 0 Å². The van der Waals surface area contributed by atoms with Crippen LogP contribution in [-0.4, -0.2) is 6.54 Å². The molecule has 0 aromatic heterocycles. The number of terminal acetylenes is 1. The third-order valence-corrected chi connectivity index (χ3v) is 2.60. The third-order valence-electron chi connectivity index (χ3n) is 1.88. The molecule has 68 valence electrons. The summed E-state index contributed by atoms with van der Waals surface area (Å²) < 4.78 is 1.26. The van der Waals surface area contributed by atoms with Crippen molar-refractivity contribution in [3.63, 3.8) is 0 Å². The molecule has 1 aromatic rings. The van der Waals surface area contributed by atoms with Crippen LogP contribution in [-0.2, 0) is 0 Å². The maximum atomic E-state index is 5.17. The standard InChI is InChI=1S/C11H12IN/c1-3-8-13-9(2)10-4-6-11(12)7-5-10/h1,4-7,9,13H,8H2,2H3. The zero-order chi connectivity index (χ0) is 9.68. The number of hydrogen-bond acceptors (Lipinski definition) is 1. The number of rotatable bonds is 3. The highest BCUT2D eigenvalue weighted by Crippen LogP contribution is 2.13. The van der Waals surface area contributed by atoms with E-state index in [1.54, 1.807) is 0 Å². The van der Waals surface area contributed by atoms with Crippen LogP contribution in [0.3, 0.4) is 0 Å². The highest BCUT2D eigenvalue weighted by Gasteiger charge is 2.02. The van der Waals surface area contributed by atoms with Crippen molar-refractivity contribution in [3.05, 3.63) is 33.4 Å². The molecule has 0 aliphatic rings. The fourth-order valence-corrected chi connectivity index (χ4v) is 1.44. The summed E-state index contributed by atoms with van der Waals surface area (Å²) in [4.78, 5) is 0. The molecule has 1 atom stereocenters. The molecule has 0 aliphatic carbocycles. The summed E-state index contributed by atoms with van der Waals surface area (Å²) in [6, 6.07) is 8.77. The molecule has 0 spiro atoms. The first-order chi connectivity index (χ1) is 6.24. The fraction of sp³-hybridized carbons (Fsp3) is 0.273. The number of benzene rings is 1. The number of halogens is 1. The molecule has 0 fully saturated rings. The van der Waals surface area contributed by atoms with Gasteiger partial charge in [0.05, 0.1) is 6.54 Å². The highest BCUT2D eigenvalue weighted by molar-refractivity contribution is 14.1. The Balaban J connectivity index is 2.62. The molecule has 1 unspecified atom stereocenters. The van der Waals surface area contributed by atoms with Crippen LogP contribution in [0.25, 0.3) is 0 Å². The van der Waals surface area contributed by atoms with Gasteiger partial charge in [-0.3, -0.25) is 5.32 Å². The van der Waals surface area contributed by atoms with Gasteiger partial charge in [-0.25, -0.2) is 0 Å². The monoisotopic (exact) mass is 285 g/mol. The van der Waals surface area contributed by atoms with E-state index in [2.05, 4.69) is 65.0 Å². The molecule has 0 saturated heterocycles. The summed E-state index contributed by atoms with van der Waals surface area (Å²) in [5, 5.41) is 3.23. The summed E-state index contributed by atoms with van der Waals surface area (Å²) in [5.41, 5.74) is 1.27. The van der Waals surface area contributed by atoms with E-state index in [4.69, 9.17) is 6.42 Å². The molecule has 13 heavy (non-hydrogen) atoms. The molecule has 1 rings (SSSR count). The molecule has 1 N–H and O–H groups in total. The van der Waals surface area contributed by atoms with Crippen molar-refractivity contribution in [1.29, 1.82) is 0 Å². The van der Waals surface area contributed by atoms with Crippen LogP contribution in [0.2, 0.25) is 0 Å². The van der Waals surface area contributed by atoms with Gasteiger partial charge in [0.15, 0.2) is 0 Å². The Hall–Kier alpha value is -0.530. The smallest absolute Gasteiger partial charge is 0.0578 e. The summed E-state index contributed by atoms with van der Waals surface area (Å²) in [6.45, 7) is 2.73. The van der Waals surface area contributed by atoms with Crippen LogP contribution in [0.4, 0.5) is 0 Å². The van der Waals surface area contributed by atoms with E-state index in [0.29, 0.717) is 12.6 Å². The second-order valence-corrected chi connectivity index (χ2v) is 4.10. The molecule has 0 heterocycles. The van der Waals surface area contributed by atoms with E-state index in [1.165, 1.54) is 9.13 Å². The Morgan fingerprint density at radius 1 is 1.46 bits per heavy atom. The maximum absolute atomic E-state index is 5.17. The molecule has 1 aromatic carbocycles. The maximum Gasteiger partial charge on any atom is 0.0578 e. The minimum absolute atomic E-state index is 0.327. The van der Waals surface area contributed by atoms with Crippen molar-refractivity contribution in [2.45, 2.75) is 13.0 Å². The van der Waals surface area contributed by atoms with Crippen LogP contribution in [0.15, 0.2) is 24.3 Å². The fourth-order valence-electron chi connectivity index (χ4n) is 1.08. The first-order valence-corrected chi connectivity index (χ1v) is 5.24. The molecular formula is C11H12IN. The summed E-state index contributed by atoms with van der Waals surface area (Å²) in [7, 11) is 0. The largest absolute Gasteiger partial charge is 0.300 e. The minimum atomic E-state index is 0.327. The normalized spacial score (nSPS) is 12.1.